The quantitative estimate of drug-likeness (QED) is 0.812. The first kappa shape index (κ1) is 13.1. The van der Waals surface area contributed by atoms with E-state index in [0.29, 0.717) is 0 Å². The van der Waals surface area contributed by atoms with Crippen molar-refractivity contribution >= 4 is 11.6 Å². The molecule has 3 heteroatoms. The number of amides is 1. The molecule has 1 aliphatic heterocycles. The van der Waals surface area contributed by atoms with Crippen molar-refractivity contribution in [3.8, 4) is 0 Å². The highest BCUT2D eigenvalue weighted by molar-refractivity contribution is 6.04. The zero-order valence-electron chi connectivity index (χ0n) is 11.3. The van der Waals surface area contributed by atoms with Gasteiger partial charge in [0.2, 0.25) is 5.91 Å². The van der Waals surface area contributed by atoms with Gasteiger partial charge in [0.15, 0.2) is 0 Å². The second-order valence-electron chi connectivity index (χ2n) is 4.92. The van der Waals surface area contributed by atoms with Crippen molar-refractivity contribution in [2.24, 2.45) is 5.73 Å². The van der Waals surface area contributed by atoms with Crippen molar-refractivity contribution in [3.05, 3.63) is 29.3 Å². The molecule has 0 saturated heterocycles. The van der Waals surface area contributed by atoms with Gasteiger partial charge in [0.05, 0.1) is 0 Å². The van der Waals surface area contributed by atoms with Crippen LogP contribution >= 0.6 is 0 Å². The molecule has 0 radical (unpaired) electrons. The summed E-state index contributed by atoms with van der Waals surface area (Å²) in [4.78, 5) is 14.0. The van der Waals surface area contributed by atoms with Crippen LogP contribution in [0, 0.1) is 0 Å². The lowest BCUT2D eigenvalue weighted by Gasteiger charge is -2.17. The molecule has 18 heavy (non-hydrogen) atoms. The van der Waals surface area contributed by atoms with E-state index in [0.717, 1.165) is 43.5 Å². The number of anilines is 1. The summed E-state index contributed by atoms with van der Waals surface area (Å²) in [7, 11) is 0. The minimum Gasteiger partial charge on any atom is -0.316 e. The minimum absolute atomic E-state index is 0.0503. The number of unbranched alkanes of at least 4 members (excludes halogenated alkanes) is 2. The Morgan fingerprint density at radius 3 is 2.72 bits per heavy atom. The molecule has 2 N–H and O–H groups in total. The van der Waals surface area contributed by atoms with Crippen LogP contribution in [0.25, 0.3) is 0 Å². The number of nitrogens with zero attached hydrogens (tertiary/aromatic N) is 1. The molecule has 3 nitrogen and oxygen atoms in total. The Balaban J connectivity index is 2.24. The summed E-state index contributed by atoms with van der Waals surface area (Å²) in [5, 5.41) is 0. The summed E-state index contributed by atoms with van der Waals surface area (Å²) in [5.74, 6) is 0.0503. The SMILES string of the molecule is CCCCCN1C(=O)C(N)c2ccc(CC)cc21. The van der Waals surface area contributed by atoms with Crippen molar-refractivity contribution in [2.45, 2.75) is 45.6 Å². The van der Waals surface area contributed by atoms with Crippen molar-refractivity contribution in [1.29, 1.82) is 0 Å². The fraction of sp³-hybridized carbons (Fsp3) is 0.533. The van der Waals surface area contributed by atoms with Gasteiger partial charge in [-0.1, -0.05) is 38.8 Å². The third-order valence-electron chi connectivity index (χ3n) is 3.65. The smallest absolute Gasteiger partial charge is 0.248 e. The normalized spacial score (nSPS) is 18.3. The Labute approximate surface area is 109 Å². The summed E-state index contributed by atoms with van der Waals surface area (Å²) >= 11 is 0. The van der Waals surface area contributed by atoms with E-state index in [-0.39, 0.29) is 5.91 Å². The third kappa shape index (κ3) is 2.27. The van der Waals surface area contributed by atoms with E-state index in [2.05, 4.69) is 26.0 Å². The second kappa shape index (κ2) is 5.53. The number of carbonyl (C=O) groups is 1. The third-order valence-corrected chi connectivity index (χ3v) is 3.65. The van der Waals surface area contributed by atoms with Gasteiger partial charge in [-0.3, -0.25) is 4.79 Å². The molecular weight excluding hydrogens is 224 g/mol. The van der Waals surface area contributed by atoms with Gasteiger partial charge in [-0.05, 0) is 24.5 Å². The largest absolute Gasteiger partial charge is 0.316 e. The molecule has 98 valence electrons. The lowest BCUT2D eigenvalue weighted by Crippen LogP contribution is -2.32. The number of hydrogen-bond acceptors (Lipinski definition) is 2. The van der Waals surface area contributed by atoms with Crippen LogP contribution in [-0.2, 0) is 11.2 Å². The molecule has 0 fully saturated rings. The maximum atomic E-state index is 12.2. The molecule has 1 heterocycles. The van der Waals surface area contributed by atoms with E-state index in [1.165, 1.54) is 5.56 Å². The first-order valence-corrected chi connectivity index (χ1v) is 6.88. The lowest BCUT2D eigenvalue weighted by molar-refractivity contribution is -0.119. The predicted molar refractivity (Wildman–Crippen MR) is 74.6 cm³/mol. The highest BCUT2D eigenvalue weighted by Crippen LogP contribution is 2.35. The molecule has 1 aliphatic rings. The summed E-state index contributed by atoms with van der Waals surface area (Å²) in [5.41, 5.74) is 9.26. The first-order chi connectivity index (χ1) is 8.69. The average Bonchev–Trinajstić information content (AvgIpc) is 2.63. The molecule has 1 aromatic carbocycles. The zero-order chi connectivity index (χ0) is 13.1. The van der Waals surface area contributed by atoms with Crippen LogP contribution in [0.5, 0.6) is 0 Å². The van der Waals surface area contributed by atoms with E-state index >= 15 is 0 Å². The number of hydrogen-bond donors (Lipinski definition) is 1. The van der Waals surface area contributed by atoms with E-state index in [4.69, 9.17) is 5.73 Å². The van der Waals surface area contributed by atoms with Gasteiger partial charge < -0.3 is 10.6 Å². The van der Waals surface area contributed by atoms with Gasteiger partial charge in [-0.2, -0.15) is 0 Å². The molecule has 1 amide bonds. The summed E-state index contributed by atoms with van der Waals surface area (Å²) in [6.45, 7) is 5.08. The van der Waals surface area contributed by atoms with Crippen molar-refractivity contribution in [2.75, 3.05) is 11.4 Å². The molecule has 1 aromatic rings. The van der Waals surface area contributed by atoms with Crippen LogP contribution in [0.4, 0.5) is 5.69 Å². The van der Waals surface area contributed by atoms with Gasteiger partial charge >= 0.3 is 0 Å². The van der Waals surface area contributed by atoms with Crippen LogP contribution in [0.3, 0.4) is 0 Å². The maximum absolute atomic E-state index is 12.2. The summed E-state index contributed by atoms with van der Waals surface area (Å²) in [6.07, 6.45) is 4.35. The zero-order valence-corrected chi connectivity index (χ0v) is 11.3. The Morgan fingerprint density at radius 1 is 1.28 bits per heavy atom. The molecular formula is C15H22N2O. The highest BCUT2D eigenvalue weighted by atomic mass is 16.2. The highest BCUT2D eigenvalue weighted by Gasteiger charge is 2.34. The predicted octanol–water partition coefficient (Wildman–Crippen LogP) is 2.79. The van der Waals surface area contributed by atoms with E-state index < -0.39 is 6.04 Å². The van der Waals surface area contributed by atoms with Gasteiger partial charge in [0.25, 0.3) is 0 Å². The maximum Gasteiger partial charge on any atom is 0.248 e. The van der Waals surface area contributed by atoms with E-state index in [1.807, 2.05) is 11.0 Å². The number of nitrogens with two attached hydrogens (primary N) is 1. The fourth-order valence-electron chi connectivity index (χ4n) is 2.48. The number of fused-ring (bicyclic) bond motifs is 1. The van der Waals surface area contributed by atoms with Crippen molar-refractivity contribution < 1.29 is 4.79 Å². The van der Waals surface area contributed by atoms with Crippen LogP contribution in [0.1, 0.15) is 50.3 Å². The molecule has 0 aliphatic carbocycles. The van der Waals surface area contributed by atoms with Crippen LogP contribution in [0.15, 0.2) is 18.2 Å². The molecule has 0 saturated carbocycles. The minimum atomic E-state index is -0.465. The molecule has 0 spiro atoms. The lowest BCUT2D eigenvalue weighted by atomic mass is 10.1. The summed E-state index contributed by atoms with van der Waals surface area (Å²) in [6, 6.07) is 5.73. The van der Waals surface area contributed by atoms with Crippen molar-refractivity contribution in [1.82, 2.24) is 0 Å². The Bertz CT molecular complexity index is 442. The van der Waals surface area contributed by atoms with E-state index in [1.54, 1.807) is 0 Å². The van der Waals surface area contributed by atoms with Crippen molar-refractivity contribution in [3.63, 3.8) is 0 Å². The molecule has 1 unspecified atom stereocenters. The fourth-order valence-corrected chi connectivity index (χ4v) is 2.48. The Hall–Kier alpha value is -1.35. The number of rotatable bonds is 5. The van der Waals surface area contributed by atoms with Gasteiger partial charge in [-0.25, -0.2) is 0 Å². The van der Waals surface area contributed by atoms with E-state index in [9.17, 15) is 4.79 Å². The average molecular weight is 246 g/mol. The summed E-state index contributed by atoms with van der Waals surface area (Å²) < 4.78 is 0. The number of carbonyl (C=O) groups excluding carboxylic acids is 1. The second-order valence-corrected chi connectivity index (χ2v) is 4.92. The van der Waals surface area contributed by atoms with Gasteiger partial charge in [-0.15, -0.1) is 0 Å². The topological polar surface area (TPSA) is 46.3 Å². The molecule has 1 atom stereocenters. The standard InChI is InChI=1S/C15H22N2O/c1-3-5-6-9-17-13-10-11(4-2)7-8-12(13)14(16)15(17)18/h7-8,10,14H,3-6,9,16H2,1-2H3. The first-order valence-electron chi connectivity index (χ1n) is 6.88. The van der Waals surface area contributed by atoms with Crippen LogP contribution < -0.4 is 10.6 Å². The molecule has 0 aromatic heterocycles. The van der Waals surface area contributed by atoms with Crippen LogP contribution in [0.2, 0.25) is 0 Å². The van der Waals surface area contributed by atoms with Crippen LogP contribution in [-0.4, -0.2) is 12.5 Å². The number of aryl methyl sites for hydroxylation is 1. The van der Waals surface area contributed by atoms with Gasteiger partial charge in [0.1, 0.15) is 6.04 Å². The Morgan fingerprint density at radius 2 is 2.06 bits per heavy atom. The van der Waals surface area contributed by atoms with Gasteiger partial charge in [0, 0.05) is 17.8 Å². The Kier molecular flexibility index (Phi) is 4.02. The molecule has 2 rings (SSSR count). The molecule has 0 bridgehead atoms. The monoisotopic (exact) mass is 246 g/mol. The number of benzene rings is 1.